The van der Waals surface area contributed by atoms with Crippen molar-refractivity contribution in [2.75, 3.05) is 31.9 Å². The molecule has 2 N–H and O–H groups in total. The summed E-state index contributed by atoms with van der Waals surface area (Å²) in [4.78, 5) is 14.2. The number of hydrogen-bond donors (Lipinski definition) is 2. The van der Waals surface area contributed by atoms with E-state index in [1.54, 1.807) is 6.92 Å². The average molecular weight is 303 g/mol. The molecule has 116 valence electrons. The highest BCUT2D eigenvalue weighted by Crippen LogP contribution is 2.21. The number of carbonyl (C=O) groups excluding carboxylic acids is 1. The molecule has 20 heavy (non-hydrogen) atoms. The van der Waals surface area contributed by atoms with Crippen LogP contribution in [0.4, 0.5) is 0 Å². The van der Waals surface area contributed by atoms with Crippen molar-refractivity contribution in [1.29, 1.82) is 0 Å². The highest BCUT2D eigenvalue weighted by molar-refractivity contribution is 7.89. The van der Waals surface area contributed by atoms with E-state index < -0.39 is 10.0 Å². The fraction of sp³-hybridized carbons (Fsp3) is 0.923. The number of hydrogen-bond acceptors (Lipinski definition) is 4. The second-order valence-corrected chi connectivity index (χ2v) is 7.87. The molecular weight excluding hydrogens is 278 g/mol. The third-order valence-corrected chi connectivity index (χ3v) is 5.90. The summed E-state index contributed by atoms with van der Waals surface area (Å²) in [5.74, 6) is 0.852. The number of amides is 1. The predicted octanol–water partition coefficient (Wildman–Crippen LogP) is -0.228. The van der Waals surface area contributed by atoms with Crippen LogP contribution in [-0.2, 0) is 14.8 Å². The number of sulfonamides is 1. The lowest BCUT2D eigenvalue weighted by molar-refractivity contribution is -0.138. The molecule has 2 saturated heterocycles. The van der Waals surface area contributed by atoms with Crippen molar-refractivity contribution in [1.82, 2.24) is 14.9 Å². The fourth-order valence-corrected chi connectivity index (χ4v) is 3.62. The Hall–Kier alpha value is -0.660. The summed E-state index contributed by atoms with van der Waals surface area (Å²) in [7, 11) is -3.14. The Morgan fingerprint density at radius 2 is 1.95 bits per heavy atom. The highest BCUT2D eigenvalue weighted by Gasteiger charge is 2.33. The summed E-state index contributed by atoms with van der Waals surface area (Å²) in [6.07, 6.45) is 1.42. The van der Waals surface area contributed by atoms with Gasteiger partial charge in [-0.2, -0.15) is 0 Å². The van der Waals surface area contributed by atoms with Gasteiger partial charge in [-0.1, -0.05) is 6.92 Å². The third kappa shape index (κ3) is 3.71. The van der Waals surface area contributed by atoms with Crippen molar-refractivity contribution < 1.29 is 13.2 Å². The van der Waals surface area contributed by atoms with Crippen molar-refractivity contribution in [2.24, 2.45) is 11.8 Å². The van der Waals surface area contributed by atoms with Gasteiger partial charge in [0.15, 0.2) is 0 Å². The number of piperidine rings is 1. The van der Waals surface area contributed by atoms with Gasteiger partial charge in [0.05, 0.1) is 5.75 Å². The first-order valence-electron chi connectivity index (χ1n) is 7.42. The SMILES string of the molecule is CCS(=O)(=O)NC1CCN(C(=O)C(C)C2CNC2)CC1. The number of nitrogens with one attached hydrogen (secondary N) is 2. The standard InChI is InChI=1S/C13H25N3O3S/c1-3-20(18,19)15-12-4-6-16(7-5-12)13(17)10(2)11-8-14-9-11/h10-12,14-15H,3-9H2,1-2H3. The van der Waals surface area contributed by atoms with Crippen LogP contribution in [-0.4, -0.2) is 57.2 Å². The van der Waals surface area contributed by atoms with Crippen molar-refractivity contribution in [3.63, 3.8) is 0 Å². The fourth-order valence-electron chi connectivity index (χ4n) is 2.71. The smallest absolute Gasteiger partial charge is 0.225 e. The van der Waals surface area contributed by atoms with Crippen molar-refractivity contribution >= 4 is 15.9 Å². The van der Waals surface area contributed by atoms with Crippen LogP contribution in [0.5, 0.6) is 0 Å². The van der Waals surface area contributed by atoms with Gasteiger partial charge in [-0.3, -0.25) is 4.79 Å². The minimum Gasteiger partial charge on any atom is -0.342 e. The molecular formula is C13H25N3O3S. The monoisotopic (exact) mass is 303 g/mol. The van der Waals surface area contributed by atoms with Crippen LogP contribution in [0.3, 0.4) is 0 Å². The Kier molecular flexibility index (Phi) is 5.04. The van der Waals surface area contributed by atoms with Crippen molar-refractivity contribution in [3.8, 4) is 0 Å². The minimum absolute atomic E-state index is 0.0234. The van der Waals surface area contributed by atoms with Gasteiger partial charge in [-0.15, -0.1) is 0 Å². The van der Waals surface area contributed by atoms with E-state index in [9.17, 15) is 13.2 Å². The van der Waals surface area contributed by atoms with Crippen molar-refractivity contribution in [3.05, 3.63) is 0 Å². The first-order chi connectivity index (χ1) is 9.43. The molecule has 2 aliphatic heterocycles. The maximum absolute atomic E-state index is 12.3. The third-order valence-electron chi connectivity index (χ3n) is 4.44. The molecule has 7 heteroatoms. The van der Waals surface area contributed by atoms with Gasteiger partial charge in [0.1, 0.15) is 0 Å². The highest BCUT2D eigenvalue weighted by atomic mass is 32.2. The summed E-state index contributed by atoms with van der Waals surface area (Å²) in [5, 5.41) is 3.19. The molecule has 1 amide bonds. The summed E-state index contributed by atoms with van der Waals surface area (Å²) in [6.45, 7) is 6.80. The van der Waals surface area contributed by atoms with Crippen LogP contribution in [0, 0.1) is 11.8 Å². The Balaban J connectivity index is 1.80. The van der Waals surface area contributed by atoms with Gasteiger partial charge in [-0.05, 0) is 38.8 Å². The second kappa shape index (κ2) is 6.41. The Bertz CT molecular complexity index is 440. The molecule has 0 radical (unpaired) electrons. The van der Waals surface area contributed by atoms with E-state index in [-0.39, 0.29) is 23.6 Å². The van der Waals surface area contributed by atoms with E-state index in [2.05, 4.69) is 10.0 Å². The zero-order valence-corrected chi connectivity index (χ0v) is 13.1. The summed E-state index contributed by atoms with van der Waals surface area (Å²) >= 11 is 0. The van der Waals surface area contributed by atoms with Gasteiger partial charge in [0, 0.05) is 25.0 Å². The Morgan fingerprint density at radius 1 is 1.35 bits per heavy atom. The van der Waals surface area contributed by atoms with Crippen LogP contribution in [0.2, 0.25) is 0 Å². The number of nitrogens with zero attached hydrogens (tertiary/aromatic N) is 1. The number of rotatable bonds is 5. The lowest BCUT2D eigenvalue weighted by Gasteiger charge is -2.38. The zero-order chi connectivity index (χ0) is 14.8. The molecule has 0 bridgehead atoms. The maximum atomic E-state index is 12.3. The summed E-state index contributed by atoms with van der Waals surface area (Å²) in [6, 6.07) is -0.0234. The quantitative estimate of drug-likeness (QED) is 0.735. The molecule has 2 fully saturated rings. The van der Waals surface area contributed by atoms with E-state index in [0.717, 1.165) is 13.1 Å². The predicted molar refractivity (Wildman–Crippen MR) is 77.7 cm³/mol. The molecule has 0 aliphatic carbocycles. The Morgan fingerprint density at radius 3 is 2.40 bits per heavy atom. The molecule has 0 aromatic heterocycles. The first-order valence-corrected chi connectivity index (χ1v) is 9.07. The van der Waals surface area contributed by atoms with Gasteiger partial charge in [0.25, 0.3) is 0 Å². The largest absolute Gasteiger partial charge is 0.342 e. The summed E-state index contributed by atoms with van der Waals surface area (Å²) in [5.41, 5.74) is 0. The molecule has 2 aliphatic rings. The van der Waals surface area contributed by atoms with Crippen LogP contribution < -0.4 is 10.0 Å². The van der Waals surface area contributed by atoms with E-state index in [0.29, 0.717) is 31.8 Å². The molecule has 1 atom stereocenters. The van der Waals surface area contributed by atoms with Gasteiger partial charge in [0.2, 0.25) is 15.9 Å². The zero-order valence-electron chi connectivity index (χ0n) is 12.3. The van der Waals surface area contributed by atoms with Gasteiger partial charge < -0.3 is 10.2 Å². The second-order valence-electron chi connectivity index (χ2n) is 5.83. The topological polar surface area (TPSA) is 78.5 Å². The average Bonchev–Trinajstić information content (AvgIpc) is 2.36. The van der Waals surface area contributed by atoms with Crippen molar-refractivity contribution in [2.45, 2.75) is 32.7 Å². The molecule has 1 unspecified atom stereocenters. The number of likely N-dealkylation sites (tertiary alicyclic amines) is 1. The van der Waals surface area contributed by atoms with E-state index in [1.807, 2.05) is 11.8 Å². The molecule has 6 nitrogen and oxygen atoms in total. The lowest BCUT2D eigenvalue weighted by atomic mass is 9.87. The van der Waals surface area contributed by atoms with E-state index in [4.69, 9.17) is 0 Å². The lowest BCUT2D eigenvalue weighted by Crippen LogP contribution is -2.53. The molecule has 0 saturated carbocycles. The first kappa shape index (κ1) is 15.7. The van der Waals surface area contributed by atoms with Gasteiger partial charge >= 0.3 is 0 Å². The van der Waals surface area contributed by atoms with E-state index in [1.165, 1.54) is 0 Å². The molecule has 2 heterocycles. The Labute approximate surface area is 121 Å². The minimum atomic E-state index is -3.14. The molecule has 2 rings (SSSR count). The van der Waals surface area contributed by atoms with Crippen LogP contribution in [0.1, 0.15) is 26.7 Å². The van der Waals surface area contributed by atoms with Crippen LogP contribution >= 0.6 is 0 Å². The van der Waals surface area contributed by atoms with E-state index >= 15 is 0 Å². The molecule has 0 spiro atoms. The molecule has 0 aromatic carbocycles. The number of carbonyl (C=O) groups is 1. The van der Waals surface area contributed by atoms with Crippen LogP contribution in [0.25, 0.3) is 0 Å². The normalized spacial score (nSPS) is 23.4. The maximum Gasteiger partial charge on any atom is 0.225 e. The summed E-state index contributed by atoms with van der Waals surface area (Å²) < 4.78 is 25.8. The molecule has 0 aromatic rings. The van der Waals surface area contributed by atoms with Gasteiger partial charge in [-0.25, -0.2) is 13.1 Å². The van der Waals surface area contributed by atoms with Crippen LogP contribution in [0.15, 0.2) is 0 Å².